The lowest BCUT2D eigenvalue weighted by molar-refractivity contribution is 0.403. The molecular formula is C10H13ClO2. The number of aryl methyl sites for hydroxylation is 1. The van der Waals surface area contributed by atoms with Crippen LogP contribution in [0, 0.1) is 0 Å². The first-order valence-electron chi connectivity index (χ1n) is 4.33. The van der Waals surface area contributed by atoms with E-state index in [-0.39, 0.29) is 16.5 Å². The first-order valence-corrected chi connectivity index (χ1v) is 4.71. The largest absolute Gasteiger partial charge is 0.504 e. The van der Waals surface area contributed by atoms with Gasteiger partial charge in [-0.3, -0.25) is 0 Å². The second-order valence-electron chi connectivity index (χ2n) is 2.90. The first-order chi connectivity index (χ1) is 6.11. The Balaban J connectivity index is 3.39. The average Bonchev–Trinajstić information content (AvgIpc) is 2.13. The molecule has 2 nitrogen and oxygen atoms in total. The molecule has 1 rings (SSSR count). The summed E-state index contributed by atoms with van der Waals surface area (Å²) in [5, 5.41) is 18.9. The molecule has 0 unspecified atom stereocenters. The highest BCUT2D eigenvalue weighted by Crippen LogP contribution is 2.38. The van der Waals surface area contributed by atoms with E-state index in [1.54, 1.807) is 6.07 Å². The Labute approximate surface area is 82.8 Å². The Kier molecular flexibility index (Phi) is 3.04. The number of phenolic OH excluding ortho intramolecular Hbond substituents is 2. The van der Waals surface area contributed by atoms with Crippen molar-refractivity contribution >= 4 is 11.6 Å². The van der Waals surface area contributed by atoms with Gasteiger partial charge in [0.1, 0.15) is 0 Å². The fourth-order valence-corrected chi connectivity index (χ4v) is 1.77. The van der Waals surface area contributed by atoms with Gasteiger partial charge in [-0.2, -0.15) is 0 Å². The molecule has 2 N–H and O–H groups in total. The second-order valence-corrected chi connectivity index (χ2v) is 3.28. The highest BCUT2D eigenvalue weighted by molar-refractivity contribution is 6.33. The molecule has 0 radical (unpaired) electrons. The Morgan fingerprint density at radius 2 is 1.85 bits per heavy atom. The van der Waals surface area contributed by atoms with Crippen molar-refractivity contribution < 1.29 is 10.2 Å². The standard InChI is InChI=1S/C10H13ClO2/c1-3-6-5-8(12)10(13)9(11)7(6)4-2/h5,12-13H,3-4H2,1-2H3. The highest BCUT2D eigenvalue weighted by Gasteiger charge is 2.12. The molecule has 0 aliphatic heterocycles. The molecule has 13 heavy (non-hydrogen) atoms. The van der Waals surface area contributed by atoms with Crippen molar-refractivity contribution in [3.05, 3.63) is 22.2 Å². The maximum absolute atomic E-state index is 9.36. The minimum Gasteiger partial charge on any atom is -0.504 e. The van der Waals surface area contributed by atoms with E-state index in [0.29, 0.717) is 0 Å². The zero-order chi connectivity index (χ0) is 10.0. The number of hydrogen-bond donors (Lipinski definition) is 2. The molecule has 0 saturated heterocycles. The minimum atomic E-state index is -0.212. The zero-order valence-electron chi connectivity index (χ0n) is 7.76. The lowest BCUT2D eigenvalue weighted by Gasteiger charge is -2.10. The smallest absolute Gasteiger partial charge is 0.176 e. The second kappa shape index (κ2) is 3.88. The van der Waals surface area contributed by atoms with Gasteiger partial charge in [-0.05, 0) is 30.0 Å². The summed E-state index contributed by atoms with van der Waals surface area (Å²) in [6.07, 6.45) is 1.56. The van der Waals surface area contributed by atoms with Gasteiger partial charge in [0.2, 0.25) is 0 Å². The monoisotopic (exact) mass is 200 g/mol. The van der Waals surface area contributed by atoms with Gasteiger partial charge in [0.15, 0.2) is 11.5 Å². The van der Waals surface area contributed by atoms with Crippen molar-refractivity contribution in [1.82, 2.24) is 0 Å². The van der Waals surface area contributed by atoms with Crippen LogP contribution in [-0.4, -0.2) is 10.2 Å². The summed E-state index contributed by atoms with van der Waals surface area (Å²) in [5.41, 5.74) is 1.90. The summed E-state index contributed by atoms with van der Waals surface area (Å²) >= 11 is 5.87. The maximum Gasteiger partial charge on any atom is 0.176 e. The average molecular weight is 201 g/mol. The van der Waals surface area contributed by atoms with Crippen molar-refractivity contribution in [3.8, 4) is 11.5 Å². The Morgan fingerprint density at radius 3 is 2.31 bits per heavy atom. The van der Waals surface area contributed by atoms with Crippen molar-refractivity contribution in [2.75, 3.05) is 0 Å². The molecule has 0 aliphatic rings. The van der Waals surface area contributed by atoms with Crippen LogP contribution < -0.4 is 0 Å². The Bertz CT molecular complexity index is 321. The summed E-state index contributed by atoms with van der Waals surface area (Å²) in [7, 11) is 0. The van der Waals surface area contributed by atoms with Crippen LogP contribution >= 0.6 is 11.6 Å². The van der Waals surface area contributed by atoms with Crippen LogP contribution in [0.2, 0.25) is 5.02 Å². The molecule has 0 saturated carbocycles. The van der Waals surface area contributed by atoms with Gasteiger partial charge in [0, 0.05) is 0 Å². The van der Waals surface area contributed by atoms with Crippen molar-refractivity contribution in [2.24, 2.45) is 0 Å². The molecule has 0 aliphatic carbocycles. The Hall–Kier alpha value is -0.890. The van der Waals surface area contributed by atoms with Gasteiger partial charge in [-0.1, -0.05) is 25.4 Å². The molecular weight excluding hydrogens is 188 g/mol. The normalized spacial score (nSPS) is 10.4. The SMILES string of the molecule is CCc1cc(O)c(O)c(Cl)c1CC. The molecule has 0 spiro atoms. The third kappa shape index (κ3) is 1.73. The number of phenols is 2. The van der Waals surface area contributed by atoms with E-state index in [0.717, 1.165) is 24.0 Å². The van der Waals surface area contributed by atoms with Gasteiger partial charge in [-0.15, -0.1) is 0 Å². The van der Waals surface area contributed by atoms with E-state index in [9.17, 15) is 10.2 Å². The van der Waals surface area contributed by atoms with Crippen molar-refractivity contribution in [2.45, 2.75) is 26.7 Å². The van der Waals surface area contributed by atoms with Crippen LogP contribution in [0.1, 0.15) is 25.0 Å². The van der Waals surface area contributed by atoms with E-state index in [2.05, 4.69) is 0 Å². The quantitative estimate of drug-likeness (QED) is 0.721. The molecule has 72 valence electrons. The molecule has 0 bridgehead atoms. The number of benzene rings is 1. The lowest BCUT2D eigenvalue weighted by Crippen LogP contribution is -1.92. The van der Waals surface area contributed by atoms with Gasteiger partial charge in [-0.25, -0.2) is 0 Å². The zero-order valence-corrected chi connectivity index (χ0v) is 8.52. The number of hydrogen-bond acceptors (Lipinski definition) is 2. The molecule has 0 aromatic heterocycles. The summed E-state index contributed by atoms with van der Waals surface area (Å²) in [6, 6.07) is 1.57. The van der Waals surface area contributed by atoms with Crippen LogP contribution in [0.15, 0.2) is 6.07 Å². The van der Waals surface area contributed by atoms with E-state index in [1.165, 1.54) is 0 Å². The van der Waals surface area contributed by atoms with Crippen LogP contribution in [0.5, 0.6) is 11.5 Å². The number of aromatic hydroxyl groups is 2. The molecule has 0 heterocycles. The maximum atomic E-state index is 9.36. The molecule has 0 fully saturated rings. The van der Waals surface area contributed by atoms with Crippen LogP contribution in [-0.2, 0) is 12.8 Å². The van der Waals surface area contributed by atoms with E-state index in [4.69, 9.17) is 11.6 Å². The van der Waals surface area contributed by atoms with Crippen LogP contribution in [0.3, 0.4) is 0 Å². The molecule has 3 heteroatoms. The topological polar surface area (TPSA) is 40.5 Å². The van der Waals surface area contributed by atoms with Gasteiger partial charge >= 0.3 is 0 Å². The molecule has 1 aromatic rings. The van der Waals surface area contributed by atoms with E-state index < -0.39 is 0 Å². The summed E-state index contributed by atoms with van der Waals surface area (Å²) < 4.78 is 0. The van der Waals surface area contributed by atoms with E-state index >= 15 is 0 Å². The summed E-state index contributed by atoms with van der Waals surface area (Å²) in [6.45, 7) is 3.96. The number of rotatable bonds is 2. The first kappa shape index (κ1) is 10.2. The predicted molar refractivity (Wildman–Crippen MR) is 53.5 cm³/mol. The third-order valence-corrected chi connectivity index (χ3v) is 2.56. The van der Waals surface area contributed by atoms with Crippen molar-refractivity contribution in [1.29, 1.82) is 0 Å². The van der Waals surface area contributed by atoms with Crippen LogP contribution in [0.4, 0.5) is 0 Å². The van der Waals surface area contributed by atoms with E-state index in [1.807, 2.05) is 13.8 Å². The highest BCUT2D eigenvalue weighted by atomic mass is 35.5. The van der Waals surface area contributed by atoms with Crippen molar-refractivity contribution in [3.63, 3.8) is 0 Å². The molecule has 0 amide bonds. The van der Waals surface area contributed by atoms with Gasteiger partial charge in [0.05, 0.1) is 5.02 Å². The fourth-order valence-electron chi connectivity index (χ4n) is 1.41. The van der Waals surface area contributed by atoms with Crippen LogP contribution in [0.25, 0.3) is 0 Å². The van der Waals surface area contributed by atoms with Gasteiger partial charge in [0.25, 0.3) is 0 Å². The van der Waals surface area contributed by atoms with Gasteiger partial charge < -0.3 is 10.2 Å². The Morgan fingerprint density at radius 1 is 1.23 bits per heavy atom. The lowest BCUT2D eigenvalue weighted by atomic mass is 10.0. The summed E-state index contributed by atoms with van der Waals surface area (Å²) in [5.74, 6) is -0.352. The number of halogens is 1. The predicted octanol–water partition coefficient (Wildman–Crippen LogP) is 2.88. The molecule has 0 atom stereocenters. The third-order valence-electron chi connectivity index (χ3n) is 2.15. The summed E-state index contributed by atoms with van der Waals surface area (Å²) in [4.78, 5) is 0. The minimum absolute atomic E-state index is 0.140. The molecule has 1 aromatic carbocycles. The fraction of sp³-hybridized carbons (Fsp3) is 0.400.